The van der Waals surface area contributed by atoms with Gasteiger partial charge in [0.1, 0.15) is 11.5 Å². The van der Waals surface area contributed by atoms with E-state index in [0.717, 1.165) is 49.9 Å². The Labute approximate surface area is 143 Å². The van der Waals surface area contributed by atoms with Gasteiger partial charge in [-0.2, -0.15) is 0 Å². The average Bonchev–Trinajstić information content (AvgIpc) is 3.13. The summed E-state index contributed by atoms with van der Waals surface area (Å²) in [7, 11) is 2.29. The number of benzene rings is 1. The maximum Gasteiger partial charge on any atom is 0.239 e. The van der Waals surface area contributed by atoms with Crippen molar-refractivity contribution in [2.75, 3.05) is 38.1 Å². The number of carbonyl (C=O) groups excluding carboxylic acids is 2. The maximum atomic E-state index is 12.5. The second-order valence-corrected chi connectivity index (χ2v) is 7.87. The van der Waals surface area contributed by atoms with Gasteiger partial charge in [-0.3, -0.25) is 14.9 Å². The summed E-state index contributed by atoms with van der Waals surface area (Å²) >= 11 is 0. The van der Waals surface area contributed by atoms with Crippen LogP contribution in [0.5, 0.6) is 0 Å². The summed E-state index contributed by atoms with van der Waals surface area (Å²) in [5.74, 6) is -0.0961. The molecule has 2 heterocycles. The minimum absolute atomic E-state index is 0.0140. The third kappa shape index (κ3) is 2.34. The van der Waals surface area contributed by atoms with Gasteiger partial charge in [-0.1, -0.05) is 18.2 Å². The van der Waals surface area contributed by atoms with E-state index < -0.39 is 5.41 Å². The lowest BCUT2D eigenvalue weighted by molar-refractivity contribution is -0.938. The highest BCUT2D eigenvalue weighted by Gasteiger charge is 2.61. The molecule has 0 aromatic heterocycles. The number of hydrogen-bond donors (Lipinski definition) is 1. The van der Waals surface area contributed by atoms with E-state index in [-0.39, 0.29) is 17.9 Å². The number of hydrogen-bond acceptors (Lipinski definition) is 3. The van der Waals surface area contributed by atoms with Crippen molar-refractivity contribution in [1.82, 2.24) is 5.32 Å². The predicted molar refractivity (Wildman–Crippen MR) is 92.4 cm³/mol. The van der Waals surface area contributed by atoms with Gasteiger partial charge in [-0.25, -0.2) is 0 Å². The molecule has 2 atom stereocenters. The van der Waals surface area contributed by atoms with Crippen LogP contribution in [0.15, 0.2) is 30.3 Å². The molecule has 1 aromatic rings. The Morgan fingerprint density at radius 2 is 1.88 bits per heavy atom. The van der Waals surface area contributed by atoms with E-state index in [9.17, 15) is 9.59 Å². The van der Waals surface area contributed by atoms with E-state index >= 15 is 0 Å². The van der Waals surface area contributed by atoms with Crippen LogP contribution in [0.4, 0.5) is 5.69 Å². The van der Waals surface area contributed by atoms with E-state index in [2.05, 4.69) is 41.5 Å². The normalized spacial score (nSPS) is 32.4. The van der Waals surface area contributed by atoms with E-state index in [4.69, 9.17) is 0 Å². The van der Waals surface area contributed by atoms with Crippen LogP contribution < -0.4 is 10.2 Å². The zero-order chi connectivity index (χ0) is 16.8. The summed E-state index contributed by atoms with van der Waals surface area (Å²) in [6.45, 7) is 4.07. The van der Waals surface area contributed by atoms with Crippen molar-refractivity contribution in [3.05, 3.63) is 30.3 Å². The number of amides is 2. The Kier molecular flexibility index (Phi) is 3.64. The lowest BCUT2D eigenvalue weighted by Crippen LogP contribution is -2.66. The maximum absolute atomic E-state index is 12.5. The number of nitrogens with zero attached hydrogens (tertiary/aromatic N) is 2. The van der Waals surface area contributed by atoms with Gasteiger partial charge in [0.2, 0.25) is 11.8 Å². The van der Waals surface area contributed by atoms with Crippen LogP contribution in [-0.2, 0) is 9.59 Å². The highest BCUT2D eigenvalue weighted by atomic mass is 16.2. The first-order chi connectivity index (χ1) is 11.5. The SMILES string of the molecule is C[N+]1(C2CCCC23CC(=O)NC3=O)CCN(c2ccccc2)CC1. The molecule has 2 amide bonds. The zero-order valence-electron chi connectivity index (χ0n) is 14.3. The van der Waals surface area contributed by atoms with Crippen molar-refractivity contribution in [2.24, 2.45) is 5.41 Å². The standard InChI is InChI=1S/C19H25N3O2/c1-22(12-10-21(11-13-22)15-6-3-2-4-7-15)16-8-5-9-19(16)14-17(23)20-18(19)24/h2-4,6-7,16H,5,8-14H2,1H3/p+1. The molecular weight excluding hydrogens is 302 g/mol. The summed E-state index contributed by atoms with van der Waals surface area (Å²) in [6.07, 6.45) is 3.38. The smallest absolute Gasteiger partial charge is 0.239 e. The molecule has 2 saturated heterocycles. The number of nitrogens with one attached hydrogen (secondary N) is 1. The van der Waals surface area contributed by atoms with Gasteiger partial charge in [0.25, 0.3) is 0 Å². The van der Waals surface area contributed by atoms with E-state index in [0.29, 0.717) is 6.42 Å². The first-order valence-electron chi connectivity index (χ1n) is 9.02. The summed E-state index contributed by atoms with van der Waals surface area (Å²) in [4.78, 5) is 26.8. The van der Waals surface area contributed by atoms with Crippen molar-refractivity contribution in [2.45, 2.75) is 31.7 Å². The van der Waals surface area contributed by atoms with Crippen LogP contribution in [0, 0.1) is 5.41 Å². The van der Waals surface area contributed by atoms with Gasteiger partial charge in [-0.05, 0) is 25.0 Å². The van der Waals surface area contributed by atoms with Crippen molar-refractivity contribution < 1.29 is 14.1 Å². The van der Waals surface area contributed by atoms with E-state index in [1.807, 2.05) is 6.07 Å². The lowest BCUT2D eigenvalue weighted by Gasteiger charge is -2.50. The number of likely N-dealkylation sites (N-methyl/N-ethyl adjacent to an activating group) is 1. The number of anilines is 1. The van der Waals surface area contributed by atoms with Crippen LogP contribution in [0.2, 0.25) is 0 Å². The van der Waals surface area contributed by atoms with Gasteiger partial charge < -0.3 is 9.38 Å². The van der Waals surface area contributed by atoms with Gasteiger partial charge in [0, 0.05) is 18.5 Å². The fraction of sp³-hybridized carbons (Fsp3) is 0.579. The Morgan fingerprint density at radius 3 is 2.50 bits per heavy atom. The summed E-state index contributed by atoms with van der Waals surface area (Å²) in [5, 5.41) is 2.57. The molecule has 3 aliphatic rings. The largest absolute Gasteiger partial charge is 0.360 e. The molecule has 0 radical (unpaired) electrons. The predicted octanol–water partition coefficient (Wildman–Crippen LogP) is 1.54. The third-order valence-corrected chi connectivity index (χ3v) is 6.55. The quantitative estimate of drug-likeness (QED) is 0.662. The molecule has 128 valence electrons. The molecule has 1 N–H and O–H groups in total. The first-order valence-corrected chi connectivity index (χ1v) is 9.02. The Balaban J connectivity index is 1.52. The van der Waals surface area contributed by atoms with Crippen molar-refractivity contribution >= 4 is 17.5 Å². The molecule has 1 saturated carbocycles. The molecule has 1 aromatic carbocycles. The minimum atomic E-state index is -0.444. The van der Waals surface area contributed by atoms with Gasteiger partial charge >= 0.3 is 0 Å². The highest BCUT2D eigenvalue weighted by molar-refractivity contribution is 6.06. The molecule has 1 spiro atoms. The van der Waals surface area contributed by atoms with Crippen LogP contribution in [-0.4, -0.2) is 55.6 Å². The molecule has 5 heteroatoms. The number of piperazine rings is 1. The summed E-state index contributed by atoms with van der Waals surface area (Å²) < 4.78 is 0.921. The molecule has 3 fully saturated rings. The molecular formula is C19H26N3O2+. The fourth-order valence-electron chi connectivity index (χ4n) is 5.23. The topological polar surface area (TPSA) is 49.4 Å². The molecule has 2 unspecified atom stereocenters. The number of imide groups is 1. The van der Waals surface area contributed by atoms with Crippen molar-refractivity contribution in [3.8, 4) is 0 Å². The van der Waals surface area contributed by atoms with E-state index in [1.165, 1.54) is 5.69 Å². The summed E-state index contributed by atoms with van der Waals surface area (Å²) in [5.41, 5.74) is 0.833. The Bertz CT molecular complexity index is 652. The number of rotatable bonds is 2. The molecule has 4 rings (SSSR count). The van der Waals surface area contributed by atoms with Crippen LogP contribution in [0.25, 0.3) is 0 Å². The highest BCUT2D eigenvalue weighted by Crippen LogP contribution is 2.49. The lowest BCUT2D eigenvalue weighted by atomic mass is 9.78. The van der Waals surface area contributed by atoms with Crippen LogP contribution in [0.1, 0.15) is 25.7 Å². The second-order valence-electron chi connectivity index (χ2n) is 7.87. The van der Waals surface area contributed by atoms with Crippen molar-refractivity contribution in [1.29, 1.82) is 0 Å². The van der Waals surface area contributed by atoms with Crippen molar-refractivity contribution in [3.63, 3.8) is 0 Å². The molecule has 0 bridgehead atoms. The zero-order valence-corrected chi connectivity index (χ0v) is 14.3. The Morgan fingerprint density at radius 1 is 1.17 bits per heavy atom. The Hall–Kier alpha value is -1.88. The van der Waals surface area contributed by atoms with Crippen LogP contribution >= 0.6 is 0 Å². The first kappa shape index (κ1) is 15.6. The van der Waals surface area contributed by atoms with E-state index in [1.54, 1.807) is 0 Å². The summed E-state index contributed by atoms with van der Waals surface area (Å²) in [6, 6.07) is 10.8. The molecule has 2 aliphatic heterocycles. The monoisotopic (exact) mass is 328 g/mol. The number of para-hydroxylation sites is 1. The molecule has 24 heavy (non-hydrogen) atoms. The number of quaternary nitrogens is 1. The minimum Gasteiger partial charge on any atom is -0.360 e. The molecule has 1 aliphatic carbocycles. The number of carbonyl (C=O) groups is 2. The van der Waals surface area contributed by atoms with Crippen LogP contribution in [0.3, 0.4) is 0 Å². The third-order valence-electron chi connectivity index (χ3n) is 6.55. The molecule has 5 nitrogen and oxygen atoms in total. The van der Waals surface area contributed by atoms with Gasteiger partial charge in [-0.15, -0.1) is 0 Å². The van der Waals surface area contributed by atoms with Gasteiger partial charge in [0.15, 0.2) is 0 Å². The average molecular weight is 328 g/mol. The van der Waals surface area contributed by atoms with Gasteiger partial charge in [0.05, 0.1) is 33.2 Å². The fourth-order valence-corrected chi connectivity index (χ4v) is 5.23. The second kappa shape index (κ2) is 5.59.